The summed E-state index contributed by atoms with van der Waals surface area (Å²) in [5.41, 5.74) is 1.39. The average Bonchev–Trinajstić information content (AvgIpc) is 3.05. The number of alkyl halides is 3. The lowest BCUT2D eigenvalue weighted by molar-refractivity contribution is -0.137. The summed E-state index contributed by atoms with van der Waals surface area (Å²) >= 11 is 0. The van der Waals surface area contributed by atoms with Crippen molar-refractivity contribution in [2.45, 2.75) is 38.5 Å². The molecule has 0 amide bonds. The maximum Gasteiger partial charge on any atom is 0.416 e. The molecule has 1 heterocycles. The summed E-state index contributed by atoms with van der Waals surface area (Å²) in [6.07, 6.45) is -2.48. The maximum atomic E-state index is 12.5. The summed E-state index contributed by atoms with van der Waals surface area (Å²) in [5.74, 6) is 1.56. The van der Waals surface area contributed by atoms with Crippen LogP contribution in [0.15, 0.2) is 42.5 Å². The molecule has 0 radical (unpaired) electrons. The van der Waals surface area contributed by atoms with Crippen molar-refractivity contribution in [2.75, 3.05) is 6.79 Å². The van der Waals surface area contributed by atoms with Gasteiger partial charge in [-0.25, -0.2) is 0 Å². The van der Waals surface area contributed by atoms with Gasteiger partial charge in [0.15, 0.2) is 11.5 Å². The number of aryl methyl sites for hydroxylation is 1. The fourth-order valence-electron chi connectivity index (χ4n) is 2.69. The van der Waals surface area contributed by atoms with Gasteiger partial charge in [-0.3, -0.25) is 0 Å². The van der Waals surface area contributed by atoms with E-state index in [0.717, 1.165) is 42.0 Å². The zero-order chi connectivity index (χ0) is 17.9. The number of nitrogens with one attached hydrogen (secondary N) is 1. The van der Waals surface area contributed by atoms with Crippen LogP contribution in [-0.4, -0.2) is 12.8 Å². The molecule has 0 spiro atoms. The fraction of sp³-hybridized carbons (Fsp3) is 0.368. The van der Waals surface area contributed by atoms with Crippen LogP contribution in [0.1, 0.15) is 30.0 Å². The van der Waals surface area contributed by atoms with E-state index >= 15 is 0 Å². The van der Waals surface area contributed by atoms with Gasteiger partial charge in [-0.15, -0.1) is 0 Å². The topological polar surface area (TPSA) is 30.5 Å². The van der Waals surface area contributed by atoms with E-state index in [1.54, 1.807) is 0 Å². The standard InChI is InChI=1S/C19H20F3NO2/c1-13(2-3-14-6-9-17-18(10-14)25-12-24-17)23-11-15-4-7-16(8-5-15)19(20,21)22/h4-10,13,23H,2-3,11-12H2,1H3. The smallest absolute Gasteiger partial charge is 0.416 e. The van der Waals surface area contributed by atoms with Gasteiger partial charge in [-0.2, -0.15) is 13.2 Å². The van der Waals surface area contributed by atoms with Crippen LogP contribution in [-0.2, 0) is 19.1 Å². The Balaban J connectivity index is 1.46. The third-order valence-electron chi connectivity index (χ3n) is 4.24. The van der Waals surface area contributed by atoms with E-state index in [4.69, 9.17) is 9.47 Å². The molecule has 0 fully saturated rings. The van der Waals surface area contributed by atoms with Crippen LogP contribution in [0.4, 0.5) is 13.2 Å². The highest BCUT2D eigenvalue weighted by Crippen LogP contribution is 2.33. The largest absolute Gasteiger partial charge is 0.454 e. The minimum Gasteiger partial charge on any atom is -0.454 e. The predicted molar refractivity (Wildman–Crippen MR) is 88.6 cm³/mol. The molecular weight excluding hydrogens is 331 g/mol. The van der Waals surface area contributed by atoms with Gasteiger partial charge in [0, 0.05) is 12.6 Å². The van der Waals surface area contributed by atoms with Crippen molar-refractivity contribution in [2.24, 2.45) is 0 Å². The third kappa shape index (κ3) is 4.66. The number of fused-ring (bicyclic) bond motifs is 1. The summed E-state index contributed by atoms with van der Waals surface area (Å²) in [6.45, 7) is 2.88. The first-order valence-corrected chi connectivity index (χ1v) is 8.20. The summed E-state index contributed by atoms with van der Waals surface area (Å²) < 4.78 is 48.3. The molecule has 0 aliphatic carbocycles. The van der Waals surface area contributed by atoms with Crippen molar-refractivity contribution >= 4 is 0 Å². The second-order valence-electron chi connectivity index (χ2n) is 6.20. The van der Waals surface area contributed by atoms with Crippen molar-refractivity contribution in [3.05, 3.63) is 59.2 Å². The van der Waals surface area contributed by atoms with Crippen LogP contribution in [0.3, 0.4) is 0 Å². The SMILES string of the molecule is CC(CCc1ccc2c(c1)OCO2)NCc1ccc(C(F)(F)F)cc1. The fourth-order valence-corrected chi connectivity index (χ4v) is 2.69. The summed E-state index contributed by atoms with van der Waals surface area (Å²) in [7, 11) is 0. The monoisotopic (exact) mass is 351 g/mol. The molecule has 0 bridgehead atoms. The van der Waals surface area contributed by atoms with E-state index in [9.17, 15) is 13.2 Å². The molecule has 6 heteroatoms. The highest BCUT2D eigenvalue weighted by molar-refractivity contribution is 5.44. The van der Waals surface area contributed by atoms with E-state index in [1.807, 2.05) is 18.2 Å². The molecule has 3 rings (SSSR count). The minimum atomic E-state index is -4.29. The molecule has 134 valence electrons. The lowest BCUT2D eigenvalue weighted by Crippen LogP contribution is -2.26. The number of benzene rings is 2. The van der Waals surface area contributed by atoms with Gasteiger partial charge < -0.3 is 14.8 Å². The van der Waals surface area contributed by atoms with E-state index in [1.165, 1.54) is 17.7 Å². The molecule has 0 saturated heterocycles. The Morgan fingerprint density at radius 1 is 1.00 bits per heavy atom. The summed E-state index contributed by atoms with van der Waals surface area (Å²) in [4.78, 5) is 0. The third-order valence-corrected chi connectivity index (χ3v) is 4.24. The first-order valence-electron chi connectivity index (χ1n) is 8.20. The zero-order valence-electron chi connectivity index (χ0n) is 13.9. The Kier molecular flexibility index (Phi) is 5.18. The number of halogens is 3. The van der Waals surface area contributed by atoms with Crippen molar-refractivity contribution in [3.8, 4) is 11.5 Å². The first-order chi connectivity index (χ1) is 11.9. The Morgan fingerprint density at radius 2 is 1.68 bits per heavy atom. The molecule has 2 aromatic rings. The molecule has 1 unspecified atom stereocenters. The molecule has 1 N–H and O–H groups in total. The van der Waals surface area contributed by atoms with E-state index in [-0.39, 0.29) is 12.8 Å². The summed E-state index contributed by atoms with van der Waals surface area (Å²) in [6, 6.07) is 11.4. The van der Waals surface area contributed by atoms with Crippen LogP contribution in [0, 0.1) is 0 Å². The average molecular weight is 351 g/mol. The van der Waals surface area contributed by atoms with Gasteiger partial charge >= 0.3 is 6.18 Å². The maximum absolute atomic E-state index is 12.5. The molecule has 1 atom stereocenters. The van der Waals surface area contributed by atoms with Crippen LogP contribution >= 0.6 is 0 Å². The number of rotatable bonds is 6. The molecule has 1 aliphatic rings. The molecule has 0 saturated carbocycles. The lowest BCUT2D eigenvalue weighted by Gasteiger charge is -2.14. The minimum absolute atomic E-state index is 0.243. The highest BCUT2D eigenvalue weighted by Gasteiger charge is 2.29. The number of hydrogen-bond donors (Lipinski definition) is 1. The van der Waals surface area contributed by atoms with Gasteiger partial charge in [0.25, 0.3) is 0 Å². The van der Waals surface area contributed by atoms with Gasteiger partial charge in [0.05, 0.1) is 5.56 Å². The van der Waals surface area contributed by atoms with Gasteiger partial charge in [-0.1, -0.05) is 18.2 Å². The Labute approximate surface area is 144 Å². The Morgan fingerprint density at radius 3 is 2.40 bits per heavy atom. The normalized spacial score (nSPS) is 14.6. The van der Waals surface area contributed by atoms with Crippen LogP contribution in [0.25, 0.3) is 0 Å². The predicted octanol–water partition coefficient (Wildman–Crippen LogP) is 4.55. The number of hydrogen-bond acceptors (Lipinski definition) is 3. The molecule has 1 aliphatic heterocycles. The quantitative estimate of drug-likeness (QED) is 0.828. The highest BCUT2D eigenvalue weighted by atomic mass is 19.4. The van der Waals surface area contributed by atoms with E-state index in [2.05, 4.69) is 12.2 Å². The van der Waals surface area contributed by atoms with Crippen molar-refractivity contribution in [1.82, 2.24) is 5.32 Å². The van der Waals surface area contributed by atoms with Crippen molar-refractivity contribution in [1.29, 1.82) is 0 Å². The van der Waals surface area contributed by atoms with E-state index < -0.39 is 11.7 Å². The summed E-state index contributed by atoms with van der Waals surface area (Å²) in [5, 5.41) is 3.34. The zero-order valence-corrected chi connectivity index (χ0v) is 13.9. The molecule has 2 aromatic carbocycles. The van der Waals surface area contributed by atoms with E-state index in [0.29, 0.717) is 6.54 Å². The van der Waals surface area contributed by atoms with Crippen molar-refractivity contribution in [3.63, 3.8) is 0 Å². The number of ether oxygens (including phenoxy) is 2. The second-order valence-corrected chi connectivity index (χ2v) is 6.20. The molecule has 0 aromatic heterocycles. The van der Waals surface area contributed by atoms with Gasteiger partial charge in [0.1, 0.15) is 0 Å². The van der Waals surface area contributed by atoms with Crippen LogP contribution in [0.5, 0.6) is 11.5 Å². The Hall–Kier alpha value is -2.21. The first kappa shape index (κ1) is 17.6. The molecule has 25 heavy (non-hydrogen) atoms. The second kappa shape index (κ2) is 7.35. The lowest BCUT2D eigenvalue weighted by atomic mass is 10.1. The Bertz CT molecular complexity index is 714. The molecule has 3 nitrogen and oxygen atoms in total. The van der Waals surface area contributed by atoms with Crippen LogP contribution in [0.2, 0.25) is 0 Å². The molecular formula is C19H20F3NO2. The van der Waals surface area contributed by atoms with Gasteiger partial charge in [-0.05, 0) is 55.2 Å². The van der Waals surface area contributed by atoms with Gasteiger partial charge in [0.2, 0.25) is 6.79 Å². The van der Waals surface area contributed by atoms with Crippen molar-refractivity contribution < 1.29 is 22.6 Å². The van der Waals surface area contributed by atoms with Crippen LogP contribution < -0.4 is 14.8 Å².